The molecule has 3 heterocycles. The molecular weight excluding hydrogens is 506 g/mol. The zero-order valence-electron chi connectivity index (χ0n) is 20.9. The molecule has 13 heteroatoms. The van der Waals surface area contributed by atoms with Gasteiger partial charge in [-0.1, -0.05) is 6.07 Å². The summed E-state index contributed by atoms with van der Waals surface area (Å²) in [4.78, 5) is 24.9. The zero-order chi connectivity index (χ0) is 27.9. The third kappa shape index (κ3) is 6.22. The average molecular weight is 530 g/mol. The second-order valence-corrected chi connectivity index (χ2v) is 8.19. The molecule has 198 valence electrons. The molecule has 0 aliphatic carbocycles. The van der Waals surface area contributed by atoms with Crippen molar-refractivity contribution < 1.29 is 19.7 Å². The van der Waals surface area contributed by atoms with Crippen molar-refractivity contribution in [2.24, 2.45) is 14.1 Å². The van der Waals surface area contributed by atoms with Crippen molar-refractivity contribution in [2.45, 2.75) is 6.61 Å². The Morgan fingerprint density at radius 1 is 0.795 bits per heavy atom. The molecule has 0 radical (unpaired) electrons. The van der Waals surface area contributed by atoms with Gasteiger partial charge in [-0.05, 0) is 36.4 Å². The number of rotatable bonds is 7. The minimum atomic E-state index is -0.501. The van der Waals surface area contributed by atoms with E-state index in [1.807, 2.05) is 18.2 Å². The Bertz CT molecular complexity index is 1610. The number of hydrogen-bond donors (Lipinski definition) is 1. The van der Waals surface area contributed by atoms with Crippen LogP contribution in [0.15, 0.2) is 85.3 Å². The number of aryl methyl sites for hydroxylation is 2. The van der Waals surface area contributed by atoms with E-state index >= 15 is 0 Å². The maximum atomic E-state index is 11.0. The lowest BCUT2D eigenvalue weighted by molar-refractivity contribution is -0.385. The van der Waals surface area contributed by atoms with E-state index in [1.54, 1.807) is 60.2 Å². The highest BCUT2D eigenvalue weighted by Gasteiger charge is 2.16. The molecule has 5 aromatic rings. The molecule has 0 bridgehead atoms. The number of phenolic OH excluding ortho intramolecular Hbond substituents is 1. The van der Waals surface area contributed by atoms with Crippen molar-refractivity contribution in [3.05, 3.63) is 111 Å². The van der Waals surface area contributed by atoms with Crippen LogP contribution >= 0.6 is 0 Å². The molecule has 0 spiro atoms. The normalized spacial score (nSPS) is 10.4. The number of pyridine rings is 1. The first-order valence-electron chi connectivity index (χ1n) is 11.5. The van der Waals surface area contributed by atoms with Crippen LogP contribution in [0.25, 0.3) is 22.5 Å². The third-order valence-corrected chi connectivity index (χ3v) is 5.66. The zero-order valence-corrected chi connectivity index (χ0v) is 20.9. The van der Waals surface area contributed by atoms with Gasteiger partial charge in [0.1, 0.15) is 18.1 Å². The molecule has 2 aromatic carbocycles. The van der Waals surface area contributed by atoms with Gasteiger partial charge in [0, 0.05) is 68.1 Å². The van der Waals surface area contributed by atoms with Crippen LogP contribution < -0.4 is 4.74 Å². The minimum absolute atomic E-state index is 0.00537. The van der Waals surface area contributed by atoms with Gasteiger partial charge in [-0.25, -0.2) is 0 Å². The van der Waals surface area contributed by atoms with Gasteiger partial charge in [-0.3, -0.25) is 34.6 Å². The van der Waals surface area contributed by atoms with E-state index in [0.717, 1.165) is 11.4 Å². The van der Waals surface area contributed by atoms with Crippen LogP contribution in [0.3, 0.4) is 0 Å². The second-order valence-electron chi connectivity index (χ2n) is 8.19. The molecule has 1 N–H and O–H groups in total. The maximum absolute atomic E-state index is 11.0. The van der Waals surface area contributed by atoms with Crippen LogP contribution in [0.5, 0.6) is 11.5 Å². The maximum Gasteiger partial charge on any atom is 0.270 e. The van der Waals surface area contributed by atoms with Crippen molar-refractivity contribution in [3.63, 3.8) is 0 Å². The standard InChI is InChI=1S/C16H14N4O3.C10H9N3O3/c1-19-15(7-9-18-19)14-10-13(20(21)22)5-6-16(14)23-11-12-4-2-3-8-17-12;1-12-9(4-5-11-12)8-6-7(13(15)16)2-3-10(8)14/h2-10H,11H2,1H3;2-6,14H,1H3. The van der Waals surface area contributed by atoms with Gasteiger partial charge in [0.15, 0.2) is 0 Å². The summed E-state index contributed by atoms with van der Waals surface area (Å²) >= 11 is 0. The topological polar surface area (TPSA) is 164 Å². The van der Waals surface area contributed by atoms with E-state index in [4.69, 9.17) is 4.74 Å². The van der Waals surface area contributed by atoms with Gasteiger partial charge >= 0.3 is 0 Å². The fourth-order valence-corrected chi connectivity index (χ4v) is 3.71. The Kier molecular flexibility index (Phi) is 7.90. The quantitative estimate of drug-likeness (QED) is 0.233. The number of aromatic nitrogens is 5. The lowest BCUT2D eigenvalue weighted by atomic mass is 10.1. The average Bonchev–Trinajstić information content (AvgIpc) is 3.56. The van der Waals surface area contributed by atoms with Gasteiger partial charge in [0.2, 0.25) is 0 Å². The molecule has 5 rings (SSSR count). The molecule has 13 nitrogen and oxygen atoms in total. The Morgan fingerprint density at radius 3 is 1.92 bits per heavy atom. The smallest absolute Gasteiger partial charge is 0.270 e. The van der Waals surface area contributed by atoms with E-state index < -0.39 is 9.85 Å². The SMILES string of the molecule is Cn1nccc1-c1cc([N+](=O)[O-])ccc1O.Cn1nccc1-c1cc([N+](=O)[O-])ccc1OCc1ccccn1. The molecule has 0 fully saturated rings. The van der Waals surface area contributed by atoms with Gasteiger partial charge in [0.25, 0.3) is 11.4 Å². The van der Waals surface area contributed by atoms with Crippen molar-refractivity contribution in [1.82, 2.24) is 24.5 Å². The number of phenols is 1. The van der Waals surface area contributed by atoms with Gasteiger partial charge in [0.05, 0.1) is 26.9 Å². The monoisotopic (exact) mass is 529 g/mol. The van der Waals surface area contributed by atoms with Gasteiger partial charge < -0.3 is 9.84 Å². The van der Waals surface area contributed by atoms with E-state index in [2.05, 4.69) is 15.2 Å². The number of nitro benzene ring substituents is 2. The van der Waals surface area contributed by atoms with Gasteiger partial charge in [-0.15, -0.1) is 0 Å². The molecule has 0 saturated carbocycles. The first kappa shape index (κ1) is 26.5. The number of non-ortho nitro benzene ring substituents is 2. The Balaban J connectivity index is 0.000000193. The molecule has 39 heavy (non-hydrogen) atoms. The Labute approximate surface area is 221 Å². The third-order valence-electron chi connectivity index (χ3n) is 5.66. The van der Waals surface area contributed by atoms with Crippen LogP contribution in [0.2, 0.25) is 0 Å². The Hall–Kier alpha value is -5.59. The molecule has 0 saturated heterocycles. The first-order chi connectivity index (χ1) is 18.7. The molecule has 0 amide bonds. The number of nitrogens with zero attached hydrogens (tertiary/aromatic N) is 7. The Morgan fingerprint density at radius 2 is 1.38 bits per heavy atom. The summed E-state index contributed by atoms with van der Waals surface area (Å²) < 4.78 is 9.00. The van der Waals surface area contributed by atoms with Crippen LogP contribution in [0.1, 0.15) is 5.69 Å². The molecule has 0 atom stereocenters. The summed E-state index contributed by atoms with van der Waals surface area (Å²) in [6.45, 7) is 0.281. The number of aromatic hydroxyl groups is 1. The van der Waals surface area contributed by atoms with Crippen molar-refractivity contribution in [1.29, 1.82) is 0 Å². The molecule has 0 aliphatic rings. The van der Waals surface area contributed by atoms with Crippen LogP contribution in [0, 0.1) is 20.2 Å². The number of hydrogen-bond acceptors (Lipinski definition) is 9. The number of nitro groups is 2. The molecule has 0 unspecified atom stereocenters. The fraction of sp³-hybridized carbons (Fsp3) is 0.115. The van der Waals surface area contributed by atoms with E-state index in [9.17, 15) is 25.3 Å². The summed E-state index contributed by atoms with van der Waals surface area (Å²) in [5.41, 5.74) is 3.11. The summed E-state index contributed by atoms with van der Waals surface area (Å²) in [6, 6.07) is 17.4. The van der Waals surface area contributed by atoms with E-state index in [1.165, 1.54) is 30.3 Å². The fourth-order valence-electron chi connectivity index (χ4n) is 3.71. The largest absolute Gasteiger partial charge is 0.507 e. The lowest BCUT2D eigenvalue weighted by Gasteiger charge is -2.11. The first-order valence-corrected chi connectivity index (χ1v) is 11.5. The van der Waals surface area contributed by atoms with Crippen molar-refractivity contribution >= 4 is 11.4 Å². The molecule has 3 aromatic heterocycles. The molecule has 0 aliphatic heterocycles. The molecular formula is C26H23N7O6. The van der Waals surface area contributed by atoms with Crippen molar-refractivity contribution in [2.75, 3.05) is 0 Å². The number of ether oxygens (including phenoxy) is 1. The van der Waals surface area contributed by atoms with E-state index in [-0.39, 0.29) is 23.7 Å². The second kappa shape index (κ2) is 11.6. The number of benzene rings is 2. The van der Waals surface area contributed by atoms with E-state index in [0.29, 0.717) is 22.6 Å². The summed E-state index contributed by atoms with van der Waals surface area (Å²) in [7, 11) is 3.48. The van der Waals surface area contributed by atoms with Crippen LogP contribution in [-0.2, 0) is 20.7 Å². The van der Waals surface area contributed by atoms with Gasteiger partial charge in [-0.2, -0.15) is 10.2 Å². The van der Waals surface area contributed by atoms with Crippen molar-refractivity contribution in [3.8, 4) is 34.0 Å². The highest BCUT2D eigenvalue weighted by molar-refractivity contribution is 5.71. The highest BCUT2D eigenvalue weighted by Crippen LogP contribution is 2.34. The lowest BCUT2D eigenvalue weighted by Crippen LogP contribution is -2.01. The van der Waals surface area contributed by atoms with Crippen LogP contribution in [0.4, 0.5) is 11.4 Å². The highest BCUT2D eigenvalue weighted by atomic mass is 16.6. The predicted molar refractivity (Wildman–Crippen MR) is 141 cm³/mol. The predicted octanol–water partition coefficient (Wildman–Crippen LogP) is 4.67. The van der Waals surface area contributed by atoms with Crippen LogP contribution in [-0.4, -0.2) is 39.5 Å². The summed E-state index contributed by atoms with van der Waals surface area (Å²) in [6.07, 6.45) is 4.89. The summed E-state index contributed by atoms with van der Waals surface area (Å²) in [5.74, 6) is 0.541. The minimum Gasteiger partial charge on any atom is -0.507 e. The summed E-state index contributed by atoms with van der Waals surface area (Å²) in [5, 5.41) is 39.4.